The van der Waals surface area contributed by atoms with Crippen LogP contribution in [0.15, 0.2) is 79.1 Å². The van der Waals surface area contributed by atoms with E-state index in [0.29, 0.717) is 35.4 Å². The van der Waals surface area contributed by atoms with Gasteiger partial charge >= 0.3 is 0 Å². The molecular formula is C25H21FN8O. The lowest BCUT2D eigenvalue weighted by molar-refractivity contribution is 0.173. The number of benzene rings is 2. The Balaban J connectivity index is 1.40. The summed E-state index contributed by atoms with van der Waals surface area (Å²) >= 11 is 0. The molecule has 0 saturated carbocycles. The standard InChI is InChI=1S/C25H21FN8O/c1-32-24(35)21-22(28-18-6-3-2-4-7-18)34(31-23(21)33-15-27-30-25(32)33)14-16-10-12-17(13-11-16)19-8-5-9-20(26)29-19/h2-13,15,24,28,35H,14H2,1H3. The van der Waals surface area contributed by atoms with Crippen LogP contribution >= 0.6 is 0 Å². The number of nitrogens with one attached hydrogen (secondary N) is 1. The molecule has 6 rings (SSSR count). The fourth-order valence-electron chi connectivity index (χ4n) is 4.23. The second-order valence-electron chi connectivity index (χ2n) is 8.26. The molecule has 174 valence electrons. The van der Waals surface area contributed by atoms with Crippen molar-refractivity contribution in [1.82, 2.24) is 29.5 Å². The SMILES string of the molecule is CN1c2nncn2-c2nn(Cc3ccc(-c4cccc(F)n4)cc3)c(Nc3ccccc3)c2C1O. The topological polar surface area (TPSA) is 96.9 Å². The number of nitrogens with zero attached hydrogens (tertiary/aromatic N) is 7. The van der Waals surface area contributed by atoms with E-state index in [1.807, 2.05) is 59.3 Å². The van der Waals surface area contributed by atoms with Crippen LogP contribution in [-0.4, -0.2) is 41.7 Å². The first kappa shape index (κ1) is 21.0. The Hall–Kier alpha value is -4.57. The number of hydrogen-bond acceptors (Lipinski definition) is 7. The first-order chi connectivity index (χ1) is 17.1. The van der Waals surface area contributed by atoms with Gasteiger partial charge in [-0.2, -0.15) is 9.49 Å². The number of fused-ring (bicyclic) bond motifs is 3. The van der Waals surface area contributed by atoms with E-state index < -0.39 is 12.2 Å². The van der Waals surface area contributed by atoms with Gasteiger partial charge in [0.25, 0.3) is 0 Å². The molecule has 0 saturated heterocycles. The maximum absolute atomic E-state index is 13.5. The molecule has 5 aromatic rings. The number of anilines is 3. The Morgan fingerprint density at radius 2 is 1.80 bits per heavy atom. The van der Waals surface area contributed by atoms with Crippen molar-refractivity contribution in [1.29, 1.82) is 0 Å². The molecule has 0 fully saturated rings. The molecule has 2 aromatic carbocycles. The minimum atomic E-state index is -0.955. The number of hydrogen-bond donors (Lipinski definition) is 2. The van der Waals surface area contributed by atoms with Crippen molar-refractivity contribution in [3.8, 4) is 17.1 Å². The fraction of sp³-hybridized carbons (Fsp3) is 0.120. The number of aromatic nitrogens is 6. The molecule has 0 amide bonds. The maximum atomic E-state index is 13.5. The van der Waals surface area contributed by atoms with E-state index in [4.69, 9.17) is 5.10 Å². The zero-order valence-electron chi connectivity index (χ0n) is 18.7. The van der Waals surface area contributed by atoms with Crippen LogP contribution in [0.3, 0.4) is 0 Å². The fourth-order valence-corrected chi connectivity index (χ4v) is 4.23. The molecule has 4 heterocycles. The Kier molecular flexibility index (Phi) is 5.00. The van der Waals surface area contributed by atoms with Crippen molar-refractivity contribution in [3.63, 3.8) is 0 Å². The number of aliphatic hydroxyl groups excluding tert-OH is 1. The molecule has 10 heteroatoms. The summed E-state index contributed by atoms with van der Waals surface area (Å²) in [5.74, 6) is 1.23. The normalized spacial score (nSPS) is 14.5. The highest BCUT2D eigenvalue weighted by Gasteiger charge is 2.35. The molecule has 0 spiro atoms. The predicted molar refractivity (Wildman–Crippen MR) is 129 cm³/mol. The highest BCUT2D eigenvalue weighted by Crippen LogP contribution is 2.39. The number of para-hydroxylation sites is 1. The molecule has 1 unspecified atom stereocenters. The average molecular weight is 468 g/mol. The highest BCUT2D eigenvalue weighted by molar-refractivity contribution is 5.68. The smallest absolute Gasteiger partial charge is 0.235 e. The minimum absolute atomic E-state index is 0.437. The van der Waals surface area contributed by atoms with Gasteiger partial charge in [0.05, 0.1) is 17.8 Å². The van der Waals surface area contributed by atoms with Gasteiger partial charge in [-0.15, -0.1) is 10.2 Å². The largest absolute Gasteiger partial charge is 0.369 e. The van der Waals surface area contributed by atoms with Crippen LogP contribution in [0.2, 0.25) is 0 Å². The zero-order chi connectivity index (χ0) is 23.9. The molecule has 1 aliphatic heterocycles. The third-order valence-electron chi connectivity index (χ3n) is 6.00. The lowest BCUT2D eigenvalue weighted by Gasteiger charge is -2.29. The Morgan fingerprint density at radius 3 is 2.57 bits per heavy atom. The minimum Gasteiger partial charge on any atom is -0.369 e. The Bertz CT molecular complexity index is 1500. The van der Waals surface area contributed by atoms with Crippen LogP contribution in [0.4, 0.5) is 21.8 Å². The van der Waals surface area contributed by atoms with Crippen molar-refractivity contribution in [2.75, 3.05) is 17.3 Å². The molecular weight excluding hydrogens is 447 g/mol. The second kappa shape index (κ2) is 8.33. The van der Waals surface area contributed by atoms with E-state index in [1.165, 1.54) is 6.07 Å². The van der Waals surface area contributed by atoms with Gasteiger partial charge in [0, 0.05) is 18.3 Å². The summed E-state index contributed by atoms with van der Waals surface area (Å²) < 4.78 is 17.1. The van der Waals surface area contributed by atoms with Gasteiger partial charge in [0.1, 0.15) is 12.1 Å². The van der Waals surface area contributed by atoms with Crippen LogP contribution in [-0.2, 0) is 6.54 Å². The summed E-state index contributed by atoms with van der Waals surface area (Å²) in [6.45, 7) is 0.437. The molecule has 9 nitrogen and oxygen atoms in total. The molecule has 0 radical (unpaired) electrons. The third-order valence-corrected chi connectivity index (χ3v) is 6.00. The van der Waals surface area contributed by atoms with E-state index in [1.54, 1.807) is 35.0 Å². The number of pyridine rings is 1. The Morgan fingerprint density at radius 1 is 1.00 bits per heavy atom. The number of halogens is 1. The van der Waals surface area contributed by atoms with Gasteiger partial charge in [-0.25, -0.2) is 14.2 Å². The van der Waals surface area contributed by atoms with E-state index in [9.17, 15) is 9.50 Å². The lowest BCUT2D eigenvalue weighted by atomic mass is 10.1. The average Bonchev–Trinajstić information content (AvgIpc) is 3.50. The predicted octanol–water partition coefficient (Wildman–Crippen LogP) is 3.90. The van der Waals surface area contributed by atoms with Crippen LogP contribution in [0.25, 0.3) is 17.1 Å². The van der Waals surface area contributed by atoms with Gasteiger partial charge < -0.3 is 15.3 Å². The van der Waals surface area contributed by atoms with Crippen LogP contribution < -0.4 is 10.2 Å². The van der Waals surface area contributed by atoms with Gasteiger partial charge in [-0.3, -0.25) is 0 Å². The molecule has 1 aliphatic rings. The Labute approximate surface area is 200 Å². The molecule has 3 aromatic heterocycles. The zero-order valence-corrected chi connectivity index (χ0v) is 18.7. The first-order valence-corrected chi connectivity index (χ1v) is 11.0. The quantitative estimate of drug-likeness (QED) is 0.378. The van der Waals surface area contributed by atoms with Gasteiger partial charge in [-0.05, 0) is 29.8 Å². The van der Waals surface area contributed by atoms with Crippen LogP contribution in [0, 0.1) is 5.95 Å². The van der Waals surface area contributed by atoms with Crippen molar-refractivity contribution in [2.24, 2.45) is 0 Å². The third kappa shape index (κ3) is 3.69. The van der Waals surface area contributed by atoms with E-state index in [0.717, 1.165) is 16.8 Å². The summed E-state index contributed by atoms with van der Waals surface area (Å²) in [5.41, 5.74) is 3.87. The molecule has 2 N–H and O–H groups in total. The van der Waals surface area contributed by atoms with E-state index >= 15 is 0 Å². The molecule has 0 bridgehead atoms. The molecule has 0 aliphatic carbocycles. The number of rotatable bonds is 5. The van der Waals surface area contributed by atoms with Crippen molar-refractivity contribution in [3.05, 3.63) is 96.2 Å². The maximum Gasteiger partial charge on any atom is 0.235 e. The first-order valence-electron chi connectivity index (χ1n) is 11.0. The van der Waals surface area contributed by atoms with Crippen molar-refractivity contribution < 1.29 is 9.50 Å². The summed E-state index contributed by atoms with van der Waals surface area (Å²) in [4.78, 5) is 5.60. The van der Waals surface area contributed by atoms with Crippen LogP contribution in [0.5, 0.6) is 0 Å². The summed E-state index contributed by atoms with van der Waals surface area (Å²) in [5, 5.41) is 27.5. The van der Waals surface area contributed by atoms with E-state index in [2.05, 4.69) is 20.5 Å². The monoisotopic (exact) mass is 468 g/mol. The van der Waals surface area contributed by atoms with Gasteiger partial charge in [0.15, 0.2) is 12.0 Å². The summed E-state index contributed by atoms with van der Waals surface area (Å²) in [7, 11) is 1.76. The highest BCUT2D eigenvalue weighted by atomic mass is 19.1. The summed E-state index contributed by atoms with van der Waals surface area (Å²) in [6, 6.07) is 22.2. The van der Waals surface area contributed by atoms with Crippen molar-refractivity contribution >= 4 is 17.5 Å². The van der Waals surface area contributed by atoms with Gasteiger partial charge in [-0.1, -0.05) is 48.5 Å². The molecule has 35 heavy (non-hydrogen) atoms. The van der Waals surface area contributed by atoms with Crippen LogP contribution in [0.1, 0.15) is 17.4 Å². The second-order valence-corrected chi connectivity index (χ2v) is 8.26. The van der Waals surface area contributed by atoms with Crippen molar-refractivity contribution in [2.45, 2.75) is 12.8 Å². The summed E-state index contributed by atoms with van der Waals surface area (Å²) in [6.07, 6.45) is 0.629. The lowest BCUT2D eigenvalue weighted by Crippen LogP contribution is -2.31. The van der Waals surface area contributed by atoms with Gasteiger partial charge in [0.2, 0.25) is 11.9 Å². The molecule has 1 atom stereocenters. The van der Waals surface area contributed by atoms with E-state index in [-0.39, 0.29) is 0 Å². The number of aliphatic hydroxyl groups is 1.